The van der Waals surface area contributed by atoms with Crippen LogP contribution < -0.4 is 5.43 Å². The van der Waals surface area contributed by atoms with E-state index in [2.05, 4.69) is 30.7 Å². The van der Waals surface area contributed by atoms with Gasteiger partial charge in [0.2, 0.25) is 0 Å². The Hall–Kier alpha value is -3.88. The molecule has 0 aliphatic carbocycles. The highest BCUT2D eigenvalue weighted by atomic mass is 16.6. The summed E-state index contributed by atoms with van der Waals surface area (Å²) in [6, 6.07) is 12.1. The summed E-state index contributed by atoms with van der Waals surface area (Å²) in [7, 11) is 0. The molecule has 0 aliphatic heterocycles. The van der Waals surface area contributed by atoms with E-state index in [1.54, 1.807) is 12.1 Å². The molecule has 0 radical (unpaired) electrons. The summed E-state index contributed by atoms with van der Waals surface area (Å²) >= 11 is 0. The summed E-state index contributed by atoms with van der Waals surface area (Å²) in [5.74, 6) is 0.249. The Balaban J connectivity index is 1.55. The van der Waals surface area contributed by atoms with Crippen LogP contribution in [0.1, 0.15) is 11.1 Å². The van der Waals surface area contributed by atoms with Gasteiger partial charge in [-0.1, -0.05) is 11.6 Å². The van der Waals surface area contributed by atoms with E-state index in [-0.39, 0.29) is 11.6 Å². The number of aryl methyl sites for hydroxylation is 1. The molecule has 2 aromatic heterocycles. The van der Waals surface area contributed by atoms with Crippen molar-refractivity contribution in [3.63, 3.8) is 0 Å². The first kappa shape index (κ1) is 15.6. The van der Waals surface area contributed by atoms with Gasteiger partial charge in [-0.2, -0.15) is 10.1 Å². The summed E-state index contributed by atoms with van der Waals surface area (Å²) in [5, 5.41) is 23.9. The molecule has 2 heterocycles. The Morgan fingerprint density at radius 1 is 1.19 bits per heavy atom. The summed E-state index contributed by atoms with van der Waals surface area (Å²) < 4.78 is 0. The van der Waals surface area contributed by atoms with Gasteiger partial charge in [-0.25, -0.2) is 5.43 Å². The number of rotatable bonds is 4. The minimum atomic E-state index is -0.449. The van der Waals surface area contributed by atoms with Crippen LogP contribution in [0.4, 0.5) is 11.6 Å². The van der Waals surface area contributed by atoms with Gasteiger partial charge in [-0.3, -0.25) is 10.1 Å². The van der Waals surface area contributed by atoms with Crippen LogP contribution >= 0.6 is 0 Å². The number of benzene rings is 2. The smallest absolute Gasteiger partial charge is 0.269 e. The highest BCUT2D eigenvalue weighted by molar-refractivity contribution is 6.03. The maximum absolute atomic E-state index is 10.6. The van der Waals surface area contributed by atoms with E-state index >= 15 is 0 Å². The number of hydrogen-bond donors (Lipinski definition) is 2. The molecule has 26 heavy (non-hydrogen) atoms. The highest BCUT2D eigenvalue weighted by Crippen LogP contribution is 2.23. The molecule has 0 spiro atoms. The molecule has 0 unspecified atom stereocenters. The molecular formula is C17H13N7O2. The molecule has 9 nitrogen and oxygen atoms in total. The average molecular weight is 347 g/mol. The van der Waals surface area contributed by atoms with Crippen LogP contribution in [0.25, 0.3) is 22.1 Å². The number of hydrazone groups is 1. The SMILES string of the molecule is Cc1ccc2[nH]c3nc(NN=Cc4ccc([N+](=O)[O-])cc4)nnc3c2c1. The molecule has 2 aromatic carbocycles. The van der Waals surface area contributed by atoms with E-state index in [4.69, 9.17) is 0 Å². The van der Waals surface area contributed by atoms with Gasteiger partial charge >= 0.3 is 0 Å². The van der Waals surface area contributed by atoms with Gasteiger partial charge in [0.05, 0.1) is 11.1 Å². The molecule has 4 aromatic rings. The second-order valence-electron chi connectivity index (χ2n) is 5.73. The number of fused-ring (bicyclic) bond motifs is 3. The van der Waals surface area contributed by atoms with E-state index in [0.29, 0.717) is 16.7 Å². The lowest BCUT2D eigenvalue weighted by atomic mass is 10.2. The Bertz CT molecular complexity index is 1150. The van der Waals surface area contributed by atoms with Crippen molar-refractivity contribution < 1.29 is 4.92 Å². The Morgan fingerprint density at radius 3 is 2.77 bits per heavy atom. The van der Waals surface area contributed by atoms with Crippen molar-refractivity contribution in [3.8, 4) is 0 Å². The highest BCUT2D eigenvalue weighted by Gasteiger charge is 2.09. The lowest BCUT2D eigenvalue weighted by molar-refractivity contribution is -0.384. The van der Waals surface area contributed by atoms with E-state index in [9.17, 15) is 10.1 Å². The predicted molar refractivity (Wildman–Crippen MR) is 98.2 cm³/mol. The first-order chi connectivity index (χ1) is 12.6. The number of aromatic amines is 1. The summed E-state index contributed by atoms with van der Waals surface area (Å²) in [6.07, 6.45) is 1.52. The molecular weight excluding hydrogens is 334 g/mol. The minimum Gasteiger partial charge on any atom is -0.338 e. The van der Waals surface area contributed by atoms with Gasteiger partial charge < -0.3 is 4.98 Å². The summed E-state index contributed by atoms with van der Waals surface area (Å²) in [4.78, 5) is 17.8. The van der Waals surface area contributed by atoms with Crippen molar-refractivity contribution in [2.24, 2.45) is 5.10 Å². The first-order valence-electron chi connectivity index (χ1n) is 7.76. The molecule has 128 valence electrons. The lowest BCUT2D eigenvalue weighted by Gasteiger charge is -1.97. The quantitative estimate of drug-likeness (QED) is 0.332. The Labute approximate surface area is 146 Å². The molecule has 0 amide bonds. The molecule has 2 N–H and O–H groups in total. The summed E-state index contributed by atoms with van der Waals surface area (Å²) in [6.45, 7) is 2.02. The molecule has 0 bridgehead atoms. The maximum Gasteiger partial charge on any atom is 0.269 e. The third kappa shape index (κ3) is 2.93. The summed E-state index contributed by atoms with van der Waals surface area (Å²) in [5.41, 5.74) is 6.84. The Morgan fingerprint density at radius 2 is 2.00 bits per heavy atom. The lowest BCUT2D eigenvalue weighted by Crippen LogP contribution is -1.99. The van der Waals surface area contributed by atoms with E-state index in [1.165, 1.54) is 18.3 Å². The molecule has 4 rings (SSSR count). The Kier molecular flexibility index (Phi) is 3.73. The second-order valence-corrected chi connectivity index (χ2v) is 5.73. The number of anilines is 1. The number of nitro benzene ring substituents is 1. The zero-order valence-electron chi connectivity index (χ0n) is 13.7. The van der Waals surface area contributed by atoms with Crippen molar-refractivity contribution in [2.75, 3.05) is 5.43 Å². The normalized spacial score (nSPS) is 11.4. The standard InChI is InChI=1S/C17H13N7O2/c1-10-2-7-14-13(8-10)15-16(19-14)20-17(23-21-15)22-18-9-11-3-5-12(6-4-11)24(25)26/h2-9H,1H3,(H2,19,20,22,23). The van der Waals surface area contributed by atoms with Gasteiger partial charge in [0.1, 0.15) is 5.52 Å². The fraction of sp³-hybridized carbons (Fsp3) is 0.0588. The van der Waals surface area contributed by atoms with Crippen LogP contribution in [0.2, 0.25) is 0 Å². The molecule has 0 aliphatic rings. The predicted octanol–water partition coefficient (Wildman–Crippen LogP) is 3.17. The van der Waals surface area contributed by atoms with E-state index in [1.807, 2.05) is 25.1 Å². The van der Waals surface area contributed by atoms with Gasteiger partial charge in [0.25, 0.3) is 11.6 Å². The van der Waals surface area contributed by atoms with Gasteiger partial charge in [0.15, 0.2) is 5.65 Å². The molecule has 9 heteroatoms. The zero-order chi connectivity index (χ0) is 18.1. The molecule has 0 saturated heterocycles. The topological polar surface area (TPSA) is 122 Å². The van der Waals surface area contributed by atoms with Crippen LogP contribution in [0, 0.1) is 17.0 Å². The van der Waals surface area contributed by atoms with Gasteiger partial charge in [-0.05, 0) is 36.8 Å². The fourth-order valence-corrected chi connectivity index (χ4v) is 2.58. The third-order valence-electron chi connectivity index (χ3n) is 3.85. The van der Waals surface area contributed by atoms with Crippen LogP contribution in [0.15, 0.2) is 47.6 Å². The number of nitrogens with zero attached hydrogens (tertiary/aromatic N) is 5. The monoisotopic (exact) mass is 347 g/mol. The molecule has 0 saturated carbocycles. The second kappa shape index (κ2) is 6.20. The van der Waals surface area contributed by atoms with Crippen molar-refractivity contribution in [1.29, 1.82) is 0 Å². The number of nitro groups is 1. The number of aromatic nitrogens is 4. The van der Waals surface area contributed by atoms with Gasteiger partial charge in [0, 0.05) is 23.0 Å². The van der Waals surface area contributed by atoms with E-state index in [0.717, 1.165) is 16.5 Å². The number of hydrogen-bond acceptors (Lipinski definition) is 7. The molecule has 0 atom stereocenters. The van der Waals surface area contributed by atoms with Crippen LogP contribution in [-0.4, -0.2) is 31.3 Å². The van der Waals surface area contributed by atoms with Crippen LogP contribution in [0.3, 0.4) is 0 Å². The third-order valence-corrected chi connectivity index (χ3v) is 3.85. The van der Waals surface area contributed by atoms with Crippen LogP contribution in [-0.2, 0) is 0 Å². The number of non-ortho nitro benzene ring substituents is 1. The van der Waals surface area contributed by atoms with Crippen molar-refractivity contribution >= 4 is 39.9 Å². The minimum absolute atomic E-state index is 0.0298. The van der Waals surface area contributed by atoms with Gasteiger partial charge in [-0.15, -0.1) is 10.2 Å². The van der Waals surface area contributed by atoms with Crippen molar-refractivity contribution in [2.45, 2.75) is 6.92 Å². The molecule has 0 fully saturated rings. The van der Waals surface area contributed by atoms with Crippen molar-refractivity contribution in [1.82, 2.24) is 20.2 Å². The average Bonchev–Trinajstić information content (AvgIpc) is 2.99. The fourth-order valence-electron chi connectivity index (χ4n) is 2.58. The van der Waals surface area contributed by atoms with E-state index < -0.39 is 4.92 Å². The van der Waals surface area contributed by atoms with Crippen molar-refractivity contribution in [3.05, 3.63) is 63.7 Å². The first-order valence-corrected chi connectivity index (χ1v) is 7.76. The zero-order valence-corrected chi connectivity index (χ0v) is 13.7. The van der Waals surface area contributed by atoms with Crippen LogP contribution in [0.5, 0.6) is 0 Å². The maximum atomic E-state index is 10.6. The largest absolute Gasteiger partial charge is 0.338 e. The number of H-pyrrole nitrogens is 1. The number of nitrogens with one attached hydrogen (secondary N) is 2.